The van der Waals surface area contributed by atoms with E-state index >= 15 is 0 Å². The number of hydrogen-bond donors (Lipinski definition) is 0. The van der Waals surface area contributed by atoms with Gasteiger partial charge in [-0.25, -0.2) is 4.98 Å². The summed E-state index contributed by atoms with van der Waals surface area (Å²) >= 11 is 0. The highest BCUT2D eigenvalue weighted by Crippen LogP contribution is 2.41. The summed E-state index contributed by atoms with van der Waals surface area (Å²) in [5.41, 5.74) is 11.9. The Hall–Kier alpha value is -7.89. The van der Waals surface area contributed by atoms with Crippen molar-refractivity contribution in [3.8, 4) is 51.0 Å². The normalized spacial score (nSPS) is 11.8. The predicted octanol–water partition coefficient (Wildman–Crippen LogP) is 13.3. The van der Waals surface area contributed by atoms with E-state index in [4.69, 9.17) is 15.0 Å². The maximum absolute atomic E-state index is 5.34. The van der Waals surface area contributed by atoms with Crippen molar-refractivity contribution in [1.29, 1.82) is 0 Å². The minimum Gasteiger partial charge on any atom is -0.308 e. The van der Waals surface area contributed by atoms with Gasteiger partial charge >= 0.3 is 0 Å². The fraction of sp³-hybridized carbons (Fsp3) is 0. The van der Waals surface area contributed by atoms with Crippen LogP contribution < -0.4 is 0 Å². The molecule has 0 fully saturated rings. The molecule has 8 aromatic carbocycles. The number of rotatable bonds is 5. The molecule has 5 heteroatoms. The largest absolute Gasteiger partial charge is 0.308 e. The Bertz CT molecular complexity index is 3460. The summed E-state index contributed by atoms with van der Waals surface area (Å²) in [6, 6.07) is 70.8. The molecule has 0 unspecified atom stereocenters. The van der Waals surface area contributed by atoms with Gasteiger partial charge in [-0.3, -0.25) is 4.57 Å². The summed E-state index contributed by atoms with van der Waals surface area (Å²) in [7, 11) is 0. The van der Waals surface area contributed by atoms with Gasteiger partial charge in [-0.05, 0) is 64.0 Å². The fourth-order valence-electron chi connectivity index (χ4n) is 8.91. The molecule has 270 valence electrons. The summed E-state index contributed by atoms with van der Waals surface area (Å²) in [4.78, 5) is 15.9. The molecule has 0 atom stereocenters. The molecule has 0 saturated carbocycles. The average Bonchev–Trinajstić information content (AvgIpc) is 3.86. The molecular weight excluding hydrogens is 707 g/mol. The van der Waals surface area contributed by atoms with Gasteiger partial charge in [0.05, 0.1) is 27.6 Å². The fourth-order valence-corrected chi connectivity index (χ4v) is 8.91. The first-order valence-electron chi connectivity index (χ1n) is 19.6. The van der Waals surface area contributed by atoms with Crippen LogP contribution >= 0.6 is 0 Å². The van der Waals surface area contributed by atoms with Crippen LogP contribution in [0.3, 0.4) is 0 Å². The monoisotopic (exact) mass is 739 g/mol. The van der Waals surface area contributed by atoms with E-state index in [2.05, 4.69) is 197 Å². The van der Waals surface area contributed by atoms with E-state index in [0.29, 0.717) is 17.6 Å². The highest BCUT2D eigenvalue weighted by molar-refractivity contribution is 6.24. The molecule has 0 radical (unpaired) electrons. The van der Waals surface area contributed by atoms with E-state index in [9.17, 15) is 0 Å². The van der Waals surface area contributed by atoms with Crippen LogP contribution in [-0.4, -0.2) is 23.9 Å². The number of benzene rings is 8. The molecular formula is C53H33N5. The van der Waals surface area contributed by atoms with Crippen LogP contribution in [0.5, 0.6) is 0 Å². The molecule has 0 bridgehead atoms. The second kappa shape index (κ2) is 12.8. The third kappa shape index (κ3) is 5.00. The van der Waals surface area contributed by atoms with Gasteiger partial charge in [0.25, 0.3) is 0 Å². The van der Waals surface area contributed by atoms with Crippen molar-refractivity contribution in [2.45, 2.75) is 0 Å². The Labute approximate surface area is 333 Å². The van der Waals surface area contributed by atoms with Gasteiger partial charge < -0.3 is 4.40 Å². The Balaban J connectivity index is 1.16. The first-order valence-corrected chi connectivity index (χ1v) is 19.6. The van der Waals surface area contributed by atoms with E-state index in [0.717, 1.165) is 55.2 Å². The highest BCUT2D eigenvalue weighted by atomic mass is 15.2. The molecule has 0 spiro atoms. The zero-order valence-corrected chi connectivity index (χ0v) is 31.3. The number of aromatic nitrogens is 5. The van der Waals surface area contributed by atoms with Gasteiger partial charge in [0.2, 0.25) is 5.95 Å². The van der Waals surface area contributed by atoms with Crippen LogP contribution in [0.1, 0.15) is 0 Å². The topological polar surface area (TPSA) is 48.0 Å². The first kappa shape index (κ1) is 32.4. The van der Waals surface area contributed by atoms with Crippen molar-refractivity contribution >= 4 is 59.9 Å². The Morgan fingerprint density at radius 2 is 0.810 bits per heavy atom. The van der Waals surface area contributed by atoms with E-state index in [1.807, 2.05) is 12.1 Å². The molecule has 5 nitrogen and oxygen atoms in total. The zero-order chi connectivity index (χ0) is 38.2. The van der Waals surface area contributed by atoms with Crippen molar-refractivity contribution in [1.82, 2.24) is 23.9 Å². The van der Waals surface area contributed by atoms with Gasteiger partial charge in [-0.15, -0.1) is 0 Å². The lowest BCUT2D eigenvalue weighted by Crippen LogP contribution is -2.06. The summed E-state index contributed by atoms with van der Waals surface area (Å²) in [5.74, 6) is 1.79. The number of para-hydroxylation sites is 2. The van der Waals surface area contributed by atoms with Crippen molar-refractivity contribution in [3.05, 3.63) is 200 Å². The third-order valence-corrected chi connectivity index (χ3v) is 11.5. The second-order valence-corrected chi connectivity index (χ2v) is 14.9. The lowest BCUT2D eigenvalue weighted by Gasteiger charge is -2.12. The molecule has 0 aliphatic rings. The van der Waals surface area contributed by atoms with E-state index in [-0.39, 0.29) is 0 Å². The maximum atomic E-state index is 5.34. The summed E-state index contributed by atoms with van der Waals surface area (Å²) in [6.45, 7) is 0. The quantitative estimate of drug-likeness (QED) is 0.165. The van der Waals surface area contributed by atoms with Crippen LogP contribution in [0.15, 0.2) is 200 Å². The third-order valence-electron chi connectivity index (χ3n) is 11.5. The minimum absolute atomic E-state index is 0.567. The second-order valence-electron chi connectivity index (χ2n) is 14.9. The molecule has 0 saturated heterocycles. The van der Waals surface area contributed by atoms with Gasteiger partial charge in [0, 0.05) is 38.1 Å². The summed E-state index contributed by atoms with van der Waals surface area (Å²) in [6.07, 6.45) is 0. The highest BCUT2D eigenvalue weighted by Gasteiger charge is 2.22. The lowest BCUT2D eigenvalue weighted by molar-refractivity contribution is 0.953. The molecule has 12 rings (SSSR count). The van der Waals surface area contributed by atoms with E-state index in [1.54, 1.807) is 0 Å². The van der Waals surface area contributed by atoms with Crippen molar-refractivity contribution in [3.63, 3.8) is 0 Å². The number of fused-ring (bicyclic) bond motifs is 12. The summed E-state index contributed by atoms with van der Waals surface area (Å²) < 4.78 is 4.68. The smallest absolute Gasteiger partial charge is 0.238 e. The SMILES string of the molecule is c1ccc(-c2cccc(-c3nc(-c4cccc(-c5ccccc5)c4)nc(-n4c5ccccc5c5c4ccc4cc6c7ccccc7c7ccccc7n6c45)n3)c2)cc1. The van der Waals surface area contributed by atoms with Gasteiger partial charge in [-0.2, -0.15) is 9.97 Å². The molecule has 4 heterocycles. The molecule has 0 aliphatic carbocycles. The first-order chi connectivity index (χ1) is 28.8. The van der Waals surface area contributed by atoms with E-state index in [1.165, 1.54) is 38.1 Å². The molecule has 0 aliphatic heterocycles. The number of nitrogens with zero attached hydrogens (tertiary/aromatic N) is 5. The van der Waals surface area contributed by atoms with Crippen LogP contribution in [0.4, 0.5) is 0 Å². The molecule has 4 aromatic heterocycles. The molecule has 58 heavy (non-hydrogen) atoms. The van der Waals surface area contributed by atoms with Gasteiger partial charge in [0.1, 0.15) is 0 Å². The van der Waals surface area contributed by atoms with Crippen molar-refractivity contribution in [2.24, 2.45) is 0 Å². The molecule has 12 aromatic rings. The minimum atomic E-state index is 0.567. The van der Waals surface area contributed by atoms with Crippen LogP contribution in [0, 0.1) is 0 Å². The van der Waals surface area contributed by atoms with Crippen molar-refractivity contribution in [2.75, 3.05) is 0 Å². The van der Waals surface area contributed by atoms with Crippen LogP contribution in [0.25, 0.3) is 111 Å². The Morgan fingerprint density at radius 3 is 1.45 bits per heavy atom. The lowest BCUT2D eigenvalue weighted by atomic mass is 10.0. The van der Waals surface area contributed by atoms with Crippen molar-refractivity contribution < 1.29 is 0 Å². The average molecular weight is 740 g/mol. The number of pyridine rings is 1. The molecule has 0 N–H and O–H groups in total. The predicted molar refractivity (Wildman–Crippen MR) is 239 cm³/mol. The summed E-state index contributed by atoms with van der Waals surface area (Å²) in [5, 5.41) is 7.20. The maximum Gasteiger partial charge on any atom is 0.238 e. The van der Waals surface area contributed by atoms with Crippen LogP contribution in [-0.2, 0) is 0 Å². The van der Waals surface area contributed by atoms with E-state index < -0.39 is 0 Å². The Kier molecular flexibility index (Phi) is 7.16. The molecule has 0 amide bonds. The Morgan fingerprint density at radius 1 is 0.310 bits per heavy atom. The van der Waals surface area contributed by atoms with Crippen LogP contribution in [0.2, 0.25) is 0 Å². The van der Waals surface area contributed by atoms with Gasteiger partial charge in [0.15, 0.2) is 11.6 Å². The van der Waals surface area contributed by atoms with Gasteiger partial charge in [-0.1, -0.05) is 164 Å². The zero-order valence-electron chi connectivity index (χ0n) is 31.3. The standard InChI is InChI=1S/C53H33N5/c1-3-15-34(16-4-1)36-19-13-21-39(31-36)51-54-52(40-22-14-20-37(32-40)35-17-5-2-6-18-35)56-53(55-51)58-46-28-12-10-26-44(46)49-47(58)30-29-38-33-48-43-25-8-7-23-41(43)42-24-9-11-27-45(42)57(48)50(38)49/h1-33H. The number of hydrogen-bond acceptors (Lipinski definition) is 3.